The fourth-order valence-electron chi connectivity index (χ4n) is 6.64. The molecule has 4 aromatic heterocycles. The van der Waals surface area contributed by atoms with Crippen LogP contribution in [0.4, 0.5) is 0 Å². The molecule has 5 aromatic carbocycles. The molecule has 0 unspecified atom stereocenters. The predicted molar refractivity (Wildman–Crippen MR) is 213 cm³/mol. The normalized spacial score (nSPS) is 11.0. The second-order valence-corrected chi connectivity index (χ2v) is 12.8. The van der Waals surface area contributed by atoms with Crippen LogP contribution in [0.5, 0.6) is 0 Å². The van der Waals surface area contributed by atoms with E-state index >= 15 is 0 Å². The molecular formula is C47H32N6. The summed E-state index contributed by atoms with van der Waals surface area (Å²) in [5.41, 5.74) is 15.4. The van der Waals surface area contributed by atoms with E-state index in [0.29, 0.717) is 5.82 Å². The van der Waals surface area contributed by atoms with Crippen LogP contribution in [-0.4, -0.2) is 29.9 Å². The third kappa shape index (κ3) is 6.77. The van der Waals surface area contributed by atoms with Crippen LogP contribution in [0.15, 0.2) is 189 Å². The maximum Gasteiger partial charge on any atom is 0.178 e. The van der Waals surface area contributed by atoms with E-state index in [1.54, 1.807) is 24.9 Å². The quantitative estimate of drug-likeness (QED) is 0.173. The Balaban J connectivity index is 1.21. The molecular weight excluding hydrogens is 649 g/mol. The van der Waals surface area contributed by atoms with E-state index in [9.17, 15) is 0 Å². The van der Waals surface area contributed by atoms with Gasteiger partial charge in [-0.15, -0.1) is 0 Å². The van der Waals surface area contributed by atoms with Crippen molar-refractivity contribution in [3.8, 4) is 89.7 Å². The standard InChI is InChI=1S/C47H32N6/c1-2-8-32(9-3-1)33-16-18-34(19-17-33)44-27-45(53-47(52-44)46-30-50-31-51-46)43-25-41(37-12-4-10-35(22-37)39-14-6-20-48-28-39)24-42(26-43)38-13-5-11-36(23-38)40-15-7-21-49-29-40/h1-31H,(H,50,51). The number of rotatable bonds is 8. The molecule has 6 heteroatoms. The highest BCUT2D eigenvalue weighted by atomic mass is 15.0. The lowest BCUT2D eigenvalue weighted by Crippen LogP contribution is -1.97. The van der Waals surface area contributed by atoms with Gasteiger partial charge in [-0.1, -0.05) is 103 Å². The molecule has 4 heterocycles. The van der Waals surface area contributed by atoms with Crippen LogP contribution in [0, 0.1) is 0 Å². The summed E-state index contributed by atoms with van der Waals surface area (Å²) < 4.78 is 0. The van der Waals surface area contributed by atoms with Gasteiger partial charge in [-0.3, -0.25) is 9.97 Å². The molecule has 1 N–H and O–H groups in total. The Labute approximate surface area is 307 Å². The lowest BCUT2D eigenvalue weighted by Gasteiger charge is -2.14. The number of imidazole rings is 1. The zero-order valence-corrected chi connectivity index (χ0v) is 28.6. The molecule has 6 nitrogen and oxygen atoms in total. The fourth-order valence-corrected chi connectivity index (χ4v) is 6.64. The molecule has 53 heavy (non-hydrogen) atoms. The molecule has 0 saturated heterocycles. The van der Waals surface area contributed by atoms with E-state index < -0.39 is 0 Å². The van der Waals surface area contributed by atoms with Crippen LogP contribution < -0.4 is 0 Å². The summed E-state index contributed by atoms with van der Waals surface area (Å²) in [4.78, 5) is 26.4. The van der Waals surface area contributed by atoms with Crippen molar-refractivity contribution in [1.29, 1.82) is 0 Å². The first-order chi connectivity index (χ1) is 26.2. The highest BCUT2D eigenvalue weighted by Gasteiger charge is 2.15. The molecule has 0 spiro atoms. The molecule has 0 aliphatic heterocycles. The third-order valence-electron chi connectivity index (χ3n) is 9.36. The predicted octanol–water partition coefficient (Wildman–Crippen LogP) is 11.3. The Morgan fingerprint density at radius 1 is 0.321 bits per heavy atom. The third-order valence-corrected chi connectivity index (χ3v) is 9.36. The van der Waals surface area contributed by atoms with Crippen LogP contribution in [-0.2, 0) is 0 Å². The van der Waals surface area contributed by atoms with Gasteiger partial charge in [-0.05, 0) is 93.0 Å². The van der Waals surface area contributed by atoms with Gasteiger partial charge in [0, 0.05) is 47.0 Å². The van der Waals surface area contributed by atoms with Crippen molar-refractivity contribution < 1.29 is 0 Å². The van der Waals surface area contributed by atoms with Gasteiger partial charge in [0.15, 0.2) is 5.82 Å². The van der Waals surface area contributed by atoms with Gasteiger partial charge in [0.05, 0.1) is 23.9 Å². The number of aromatic nitrogens is 6. The molecule has 9 aromatic rings. The Hall–Kier alpha value is -7.31. The van der Waals surface area contributed by atoms with Gasteiger partial charge in [-0.2, -0.15) is 0 Å². The first-order valence-electron chi connectivity index (χ1n) is 17.4. The topological polar surface area (TPSA) is 80.2 Å². The molecule has 250 valence electrons. The summed E-state index contributed by atoms with van der Waals surface area (Å²) >= 11 is 0. The van der Waals surface area contributed by atoms with Crippen molar-refractivity contribution in [3.05, 3.63) is 189 Å². The van der Waals surface area contributed by atoms with Gasteiger partial charge < -0.3 is 4.98 Å². The lowest BCUT2D eigenvalue weighted by atomic mass is 9.92. The summed E-state index contributed by atoms with van der Waals surface area (Å²) in [6.07, 6.45) is 10.8. The number of aromatic amines is 1. The monoisotopic (exact) mass is 680 g/mol. The number of hydrogen-bond acceptors (Lipinski definition) is 5. The van der Waals surface area contributed by atoms with Crippen LogP contribution in [0.3, 0.4) is 0 Å². The smallest absolute Gasteiger partial charge is 0.178 e. The van der Waals surface area contributed by atoms with Crippen molar-refractivity contribution in [2.75, 3.05) is 0 Å². The van der Waals surface area contributed by atoms with Crippen molar-refractivity contribution in [1.82, 2.24) is 29.9 Å². The Morgan fingerprint density at radius 2 is 0.792 bits per heavy atom. The molecule has 9 rings (SSSR count). The Kier molecular flexibility index (Phi) is 8.44. The molecule has 0 aliphatic carbocycles. The van der Waals surface area contributed by atoms with E-state index in [2.05, 4.69) is 153 Å². The van der Waals surface area contributed by atoms with Gasteiger partial charge in [0.1, 0.15) is 5.69 Å². The maximum atomic E-state index is 5.14. The Morgan fingerprint density at radius 3 is 1.34 bits per heavy atom. The second kappa shape index (κ2) is 14.1. The summed E-state index contributed by atoms with van der Waals surface area (Å²) in [7, 11) is 0. The zero-order valence-electron chi connectivity index (χ0n) is 28.6. The molecule has 0 atom stereocenters. The van der Waals surface area contributed by atoms with Crippen LogP contribution in [0.1, 0.15) is 0 Å². The average Bonchev–Trinajstić information content (AvgIpc) is 3.80. The highest BCUT2D eigenvalue weighted by Crippen LogP contribution is 2.37. The Bertz CT molecular complexity index is 2540. The number of hydrogen-bond donors (Lipinski definition) is 1. The summed E-state index contributed by atoms with van der Waals surface area (Å²) in [5.74, 6) is 0.575. The molecule has 0 bridgehead atoms. The zero-order chi connectivity index (χ0) is 35.4. The first kappa shape index (κ1) is 31.7. The minimum Gasteiger partial charge on any atom is -0.342 e. The van der Waals surface area contributed by atoms with Crippen LogP contribution in [0.2, 0.25) is 0 Å². The summed E-state index contributed by atoms with van der Waals surface area (Å²) in [5, 5.41) is 0. The minimum atomic E-state index is 0.575. The van der Waals surface area contributed by atoms with E-state index in [1.807, 2.05) is 30.6 Å². The molecule has 0 aliphatic rings. The molecule has 0 fully saturated rings. The van der Waals surface area contributed by atoms with E-state index in [1.165, 1.54) is 5.56 Å². The number of benzene rings is 5. The SMILES string of the molecule is c1ccc(-c2ccc(-c3cc(-c4cc(-c5cccc(-c6cccnc6)c5)cc(-c5cccc(-c6cccnc6)c5)c4)nc(-c4cnc[nH]4)n3)cc2)cc1. The van der Waals surface area contributed by atoms with Crippen LogP contribution >= 0.6 is 0 Å². The highest BCUT2D eigenvalue weighted by molar-refractivity contribution is 5.84. The van der Waals surface area contributed by atoms with Gasteiger partial charge in [0.2, 0.25) is 0 Å². The molecule has 0 amide bonds. The number of nitrogens with one attached hydrogen (secondary N) is 1. The van der Waals surface area contributed by atoms with E-state index in [0.717, 1.165) is 78.3 Å². The number of nitrogens with zero attached hydrogens (tertiary/aromatic N) is 5. The van der Waals surface area contributed by atoms with Gasteiger partial charge >= 0.3 is 0 Å². The lowest BCUT2D eigenvalue weighted by molar-refractivity contribution is 1.16. The van der Waals surface area contributed by atoms with Gasteiger partial charge in [0.25, 0.3) is 0 Å². The summed E-state index contributed by atoms with van der Waals surface area (Å²) in [6, 6.07) is 53.0. The van der Waals surface area contributed by atoms with E-state index in [-0.39, 0.29) is 0 Å². The second-order valence-electron chi connectivity index (χ2n) is 12.8. The minimum absolute atomic E-state index is 0.575. The number of pyridine rings is 2. The fraction of sp³-hybridized carbons (Fsp3) is 0. The van der Waals surface area contributed by atoms with Crippen molar-refractivity contribution in [3.63, 3.8) is 0 Å². The molecule has 0 saturated carbocycles. The van der Waals surface area contributed by atoms with E-state index in [4.69, 9.17) is 9.97 Å². The number of H-pyrrole nitrogens is 1. The van der Waals surface area contributed by atoms with Crippen molar-refractivity contribution in [2.45, 2.75) is 0 Å². The van der Waals surface area contributed by atoms with Crippen molar-refractivity contribution in [2.24, 2.45) is 0 Å². The maximum absolute atomic E-state index is 5.14. The molecule has 0 radical (unpaired) electrons. The largest absolute Gasteiger partial charge is 0.342 e. The van der Waals surface area contributed by atoms with Gasteiger partial charge in [-0.25, -0.2) is 15.0 Å². The first-order valence-corrected chi connectivity index (χ1v) is 17.4. The van der Waals surface area contributed by atoms with Crippen LogP contribution in [0.25, 0.3) is 89.7 Å². The van der Waals surface area contributed by atoms with Crippen molar-refractivity contribution >= 4 is 0 Å². The summed E-state index contributed by atoms with van der Waals surface area (Å²) in [6.45, 7) is 0. The average molecular weight is 681 g/mol.